The first-order valence-electron chi connectivity index (χ1n) is 3.19. The number of rotatable bonds is 3. The van der Waals surface area contributed by atoms with Crippen molar-refractivity contribution in [3.63, 3.8) is 0 Å². The highest BCUT2D eigenvalue weighted by molar-refractivity contribution is 14.1. The Hall–Kier alpha value is 0.1000. The molecule has 0 unspecified atom stereocenters. The Bertz CT molecular complexity index is 210. The highest BCUT2D eigenvalue weighted by atomic mass is 127. The lowest BCUT2D eigenvalue weighted by molar-refractivity contribution is 0.414. The zero-order valence-corrected chi connectivity index (χ0v) is 9.18. The number of hydrogen-bond acceptors (Lipinski definition) is 2. The summed E-state index contributed by atoms with van der Waals surface area (Å²) in [6.07, 6.45) is 0. The first-order chi connectivity index (χ1) is 5.36. The van der Waals surface area contributed by atoms with E-state index in [9.17, 15) is 0 Å². The lowest BCUT2D eigenvalue weighted by atomic mass is 10.3. The quantitative estimate of drug-likeness (QED) is 0.478. The summed E-state index contributed by atoms with van der Waals surface area (Å²) in [5.41, 5.74) is 0. The lowest BCUT2D eigenvalue weighted by Gasteiger charge is -2.00. The minimum Gasteiger partial charge on any atom is -0.497 e. The maximum absolute atomic E-state index is 5.04. The van der Waals surface area contributed by atoms with Crippen molar-refractivity contribution in [1.29, 1.82) is 0 Å². The van der Waals surface area contributed by atoms with Crippen molar-refractivity contribution in [2.24, 2.45) is 0 Å². The van der Waals surface area contributed by atoms with Gasteiger partial charge in [-0.1, -0.05) is 22.6 Å². The zero-order valence-electron chi connectivity index (χ0n) is 6.21. The van der Waals surface area contributed by atoms with Gasteiger partial charge in [0.25, 0.3) is 0 Å². The highest BCUT2D eigenvalue weighted by Gasteiger charge is 1.92. The molecule has 0 spiro atoms. The second-order valence-electron chi connectivity index (χ2n) is 1.93. The van der Waals surface area contributed by atoms with E-state index in [-0.39, 0.29) is 0 Å². The predicted octanol–water partition coefficient (Wildman–Crippen LogP) is 3.18. The van der Waals surface area contributed by atoms with E-state index in [0.717, 1.165) is 9.51 Å². The molecule has 1 aromatic carbocycles. The molecule has 0 aromatic heterocycles. The fourth-order valence-electron chi connectivity index (χ4n) is 0.735. The molecule has 0 atom stereocenters. The third-order valence-corrected chi connectivity index (χ3v) is 2.93. The molecule has 1 rings (SSSR count). The standard InChI is InChI=1S/C8H9IOS/c1-10-7-2-4-8(5-3-7)11-6-9/h2-5H,6H2,1H3. The van der Waals surface area contributed by atoms with Crippen LogP contribution in [0.4, 0.5) is 0 Å². The van der Waals surface area contributed by atoms with Crippen LogP contribution in [0.5, 0.6) is 5.75 Å². The van der Waals surface area contributed by atoms with Crippen molar-refractivity contribution in [1.82, 2.24) is 0 Å². The Labute approximate surface area is 84.7 Å². The van der Waals surface area contributed by atoms with Crippen LogP contribution in [0.1, 0.15) is 0 Å². The van der Waals surface area contributed by atoms with Crippen LogP contribution < -0.4 is 4.74 Å². The van der Waals surface area contributed by atoms with E-state index in [0.29, 0.717) is 0 Å². The molecular formula is C8H9IOS. The third kappa shape index (κ3) is 2.91. The van der Waals surface area contributed by atoms with Crippen molar-refractivity contribution in [2.75, 3.05) is 10.9 Å². The Morgan fingerprint density at radius 2 is 2.00 bits per heavy atom. The van der Waals surface area contributed by atoms with Gasteiger partial charge in [-0.25, -0.2) is 0 Å². The number of alkyl halides is 1. The number of methoxy groups -OCH3 is 1. The fraction of sp³-hybridized carbons (Fsp3) is 0.250. The number of halogens is 1. The van der Waals surface area contributed by atoms with E-state index in [2.05, 4.69) is 34.7 Å². The van der Waals surface area contributed by atoms with E-state index in [1.165, 1.54) is 4.90 Å². The van der Waals surface area contributed by atoms with E-state index < -0.39 is 0 Å². The van der Waals surface area contributed by atoms with Gasteiger partial charge in [0.05, 0.1) is 10.9 Å². The third-order valence-electron chi connectivity index (χ3n) is 1.28. The summed E-state index contributed by atoms with van der Waals surface area (Å²) in [5.74, 6) is 0.919. The summed E-state index contributed by atoms with van der Waals surface area (Å²) < 4.78 is 6.12. The number of hydrogen-bond donors (Lipinski definition) is 0. The Kier molecular flexibility index (Phi) is 4.07. The van der Waals surface area contributed by atoms with Gasteiger partial charge in [0.1, 0.15) is 5.75 Å². The minimum absolute atomic E-state index is 0.919. The maximum atomic E-state index is 5.04. The molecule has 11 heavy (non-hydrogen) atoms. The van der Waals surface area contributed by atoms with Gasteiger partial charge in [-0.15, -0.1) is 11.8 Å². The van der Waals surface area contributed by atoms with Crippen LogP contribution >= 0.6 is 34.4 Å². The van der Waals surface area contributed by atoms with Crippen molar-refractivity contribution in [3.05, 3.63) is 24.3 Å². The summed E-state index contributed by atoms with van der Waals surface area (Å²) in [7, 11) is 1.68. The monoisotopic (exact) mass is 280 g/mol. The molecule has 3 heteroatoms. The van der Waals surface area contributed by atoms with E-state index >= 15 is 0 Å². The zero-order chi connectivity index (χ0) is 8.10. The molecule has 0 aliphatic rings. The van der Waals surface area contributed by atoms with E-state index in [4.69, 9.17) is 4.74 Å². The molecule has 0 amide bonds. The molecule has 0 fully saturated rings. The molecule has 1 aromatic rings. The van der Waals surface area contributed by atoms with Crippen molar-refractivity contribution >= 4 is 34.4 Å². The minimum atomic E-state index is 0.919. The summed E-state index contributed by atoms with van der Waals surface area (Å²) in [6.45, 7) is 0. The predicted molar refractivity (Wildman–Crippen MR) is 57.7 cm³/mol. The molecule has 0 saturated carbocycles. The van der Waals surface area contributed by atoms with Crippen molar-refractivity contribution in [3.8, 4) is 5.75 Å². The second-order valence-corrected chi connectivity index (χ2v) is 4.78. The van der Waals surface area contributed by atoms with Crippen LogP contribution in [-0.4, -0.2) is 10.9 Å². The van der Waals surface area contributed by atoms with Crippen LogP contribution in [0, 0.1) is 0 Å². The van der Waals surface area contributed by atoms with Gasteiger partial charge in [0, 0.05) is 4.90 Å². The number of benzene rings is 1. The van der Waals surface area contributed by atoms with Gasteiger partial charge >= 0.3 is 0 Å². The van der Waals surface area contributed by atoms with Crippen molar-refractivity contribution < 1.29 is 4.74 Å². The smallest absolute Gasteiger partial charge is 0.118 e. The average Bonchev–Trinajstić information content (AvgIpc) is 2.07. The molecule has 0 bridgehead atoms. The van der Waals surface area contributed by atoms with Gasteiger partial charge in [-0.3, -0.25) is 0 Å². The molecule has 1 nitrogen and oxygen atoms in total. The van der Waals surface area contributed by atoms with Gasteiger partial charge in [-0.2, -0.15) is 0 Å². The SMILES string of the molecule is COc1ccc(SCI)cc1. The molecule has 0 N–H and O–H groups in total. The van der Waals surface area contributed by atoms with Crippen molar-refractivity contribution in [2.45, 2.75) is 4.90 Å². The van der Waals surface area contributed by atoms with Crippen LogP contribution in [0.15, 0.2) is 29.2 Å². The second kappa shape index (κ2) is 4.87. The molecule has 0 aliphatic carbocycles. The summed E-state index contributed by atoms with van der Waals surface area (Å²) >= 11 is 4.17. The van der Waals surface area contributed by atoms with E-state index in [1.54, 1.807) is 7.11 Å². The van der Waals surface area contributed by atoms with Gasteiger partial charge < -0.3 is 4.74 Å². The maximum Gasteiger partial charge on any atom is 0.118 e. The van der Waals surface area contributed by atoms with Gasteiger partial charge in [0.2, 0.25) is 0 Å². The molecule has 0 aliphatic heterocycles. The lowest BCUT2D eigenvalue weighted by Crippen LogP contribution is -1.80. The van der Waals surface area contributed by atoms with Gasteiger partial charge in [0.15, 0.2) is 0 Å². The highest BCUT2D eigenvalue weighted by Crippen LogP contribution is 2.22. The van der Waals surface area contributed by atoms with Gasteiger partial charge in [-0.05, 0) is 24.3 Å². The molecule has 0 saturated heterocycles. The van der Waals surface area contributed by atoms with E-state index in [1.807, 2.05) is 23.9 Å². The van der Waals surface area contributed by atoms with Crippen LogP contribution in [-0.2, 0) is 0 Å². The molecular weight excluding hydrogens is 271 g/mol. The van der Waals surface area contributed by atoms with Crippen LogP contribution in [0.25, 0.3) is 0 Å². The normalized spacial score (nSPS) is 9.64. The number of ether oxygens (including phenoxy) is 1. The first kappa shape index (κ1) is 9.19. The van der Waals surface area contributed by atoms with Crippen LogP contribution in [0.2, 0.25) is 0 Å². The molecule has 0 heterocycles. The van der Waals surface area contributed by atoms with Crippen LogP contribution in [0.3, 0.4) is 0 Å². The number of thioether (sulfide) groups is 1. The fourth-order valence-corrected chi connectivity index (χ4v) is 2.27. The Balaban J connectivity index is 2.66. The topological polar surface area (TPSA) is 9.23 Å². The Morgan fingerprint density at radius 3 is 2.45 bits per heavy atom. The summed E-state index contributed by atoms with van der Waals surface area (Å²) in [6, 6.07) is 8.10. The first-order valence-corrected chi connectivity index (χ1v) is 5.70. The Morgan fingerprint density at radius 1 is 1.36 bits per heavy atom. The molecule has 0 radical (unpaired) electrons. The average molecular weight is 280 g/mol. The largest absolute Gasteiger partial charge is 0.497 e. The summed E-state index contributed by atoms with van der Waals surface area (Å²) in [4.78, 5) is 1.29. The summed E-state index contributed by atoms with van der Waals surface area (Å²) in [5, 5.41) is 0. The molecule has 60 valence electrons.